The first kappa shape index (κ1) is 140. The smallest absolute Gasteiger partial charge is 0.524 e. The van der Waals surface area contributed by atoms with Gasteiger partial charge in [-0.15, -0.1) is 12.3 Å². The van der Waals surface area contributed by atoms with Crippen molar-refractivity contribution in [2.75, 3.05) is 35.5 Å². The molecule has 0 saturated carbocycles. The molecule has 6 aromatic rings. The van der Waals surface area contributed by atoms with Gasteiger partial charge in [0.1, 0.15) is 29.3 Å². The Morgan fingerprint density at radius 1 is 0.409 bits per heavy atom. The fourth-order valence-electron chi connectivity index (χ4n) is 14.7. The number of rotatable bonds is 56. The molecule has 0 aromatic heterocycles. The molecule has 0 saturated heterocycles. The summed E-state index contributed by atoms with van der Waals surface area (Å²) in [6.45, 7) is 32.8. The van der Waals surface area contributed by atoms with Crippen LogP contribution in [0.15, 0.2) is 207 Å². The topological polar surface area (TPSA) is 287 Å². The lowest BCUT2D eigenvalue weighted by molar-refractivity contribution is -0.141. The molecular formula is C123H181B3Br2IO20. The van der Waals surface area contributed by atoms with Crippen LogP contribution in [0.2, 0.25) is 0 Å². The van der Waals surface area contributed by atoms with Crippen molar-refractivity contribution in [3.8, 4) is 35.3 Å². The number of hydrogen-bond acceptors (Lipinski definition) is 20. The largest absolute Gasteiger partial charge is 0.658 e. The number of aliphatic hydroxyl groups is 3. The molecule has 2 heterocycles. The van der Waals surface area contributed by atoms with E-state index in [2.05, 4.69) is 258 Å². The van der Waals surface area contributed by atoms with Crippen LogP contribution in [-0.4, -0.2) is 137 Å². The first-order valence-corrected chi connectivity index (χ1v) is 56.7. The maximum Gasteiger partial charge on any atom is 0.658 e. The van der Waals surface area contributed by atoms with Crippen molar-refractivity contribution >= 4 is 148 Å². The van der Waals surface area contributed by atoms with Crippen molar-refractivity contribution in [1.29, 1.82) is 0 Å². The zero-order valence-electron chi connectivity index (χ0n) is 93.3. The van der Waals surface area contributed by atoms with Gasteiger partial charge in [-0.05, 0) is 235 Å². The second kappa shape index (κ2) is 90.5. The van der Waals surface area contributed by atoms with Gasteiger partial charge in [-0.2, -0.15) is 0 Å². The van der Waals surface area contributed by atoms with Gasteiger partial charge in [0, 0.05) is 52.9 Å². The Morgan fingerprint density at radius 2 is 0.772 bits per heavy atom. The van der Waals surface area contributed by atoms with Crippen LogP contribution in [0.5, 0.6) is 23.0 Å². The van der Waals surface area contributed by atoms with Crippen molar-refractivity contribution in [2.45, 2.75) is 321 Å². The summed E-state index contributed by atoms with van der Waals surface area (Å²) >= 11 is 8.89. The fourth-order valence-corrected chi connectivity index (χ4v) is 16.2. The van der Waals surface area contributed by atoms with Gasteiger partial charge >= 0.3 is 51.8 Å². The molecule has 0 bridgehead atoms. The first-order chi connectivity index (χ1) is 71.5. The molecule has 2 aliphatic heterocycles. The summed E-state index contributed by atoms with van der Waals surface area (Å²) in [6.07, 6.45) is 58.7. The summed E-state index contributed by atoms with van der Waals surface area (Å²) in [5, 5.41) is 47.7. The minimum atomic E-state index is -1.39. The first-order valence-electron chi connectivity index (χ1n) is 53.8. The monoisotopic (exact) mass is 2300 g/mol. The summed E-state index contributed by atoms with van der Waals surface area (Å²) in [5.41, 5.74) is 6.02. The average Bonchev–Trinajstić information content (AvgIpc) is 1.70. The summed E-state index contributed by atoms with van der Waals surface area (Å²) in [7, 11) is 6.72. The number of allylic oxidation sites excluding steroid dienone is 5. The Hall–Kier alpha value is -9.04. The number of fused-ring (bicyclic) bond motifs is 2. The van der Waals surface area contributed by atoms with Crippen LogP contribution < -0.4 is 24.1 Å². The molecule has 1 radical (unpaired) electrons. The van der Waals surface area contributed by atoms with Crippen LogP contribution in [-0.2, 0) is 52.5 Å². The molecule has 6 aromatic carbocycles. The van der Waals surface area contributed by atoms with Gasteiger partial charge < -0.3 is 72.5 Å². The summed E-state index contributed by atoms with van der Waals surface area (Å²) in [4.78, 5) is 65.4. The number of carbonyl (C=O) groups is 6. The summed E-state index contributed by atoms with van der Waals surface area (Å²) in [5.74, 6) is 12.6. The number of para-hydroxylation sites is 4. The second-order valence-corrected chi connectivity index (χ2v) is 41.0. The highest BCUT2D eigenvalue weighted by Crippen LogP contribution is 2.34. The van der Waals surface area contributed by atoms with E-state index in [1.807, 2.05) is 117 Å². The molecule has 0 aliphatic carbocycles. The Balaban J connectivity index is 0.00000170. The van der Waals surface area contributed by atoms with Crippen molar-refractivity contribution in [2.24, 2.45) is 65.1 Å². The molecule has 20 nitrogen and oxygen atoms in total. The Kier molecular flexibility index (Phi) is 85.0. The number of benzene rings is 6. The number of aliphatic hydroxyl groups excluding tert-OH is 3. The molecule has 0 unspecified atom stereocenters. The van der Waals surface area contributed by atoms with Crippen LogP contribution in [0, 0.1) is 77.4 Å². The molecule has 8 rings (SSSR count). The number of methoxy groups -OCH3 is 5. The number of unbranched alkanes of at least 4 members (excludes halogenated alkanes) is 8. The third kappa shape index (κ3) is 72.2. The molecular weight excluding hydrogens is 2120 g/mol. The quantitative estimate of drug-likeness (QED) is 0.00451. The van der Waals surface area contributed by atoms with Crippen molar-refractivity contribution in [3.63, 3.8) is 0 Å². The van der Waals surface area contributed by atoms with Gasteiger partial charge in [0.05, 0.1) is 53.9 Å². The maximum atomic E-state index is 11.2. The molecule has 0 spiro atoms. The van der Waals surface area contributed by atoms with Crippen LogP contribution in [0.4, 0.5) is 0 Å². The summed E-state index contributed by atoms with van der Waals surface area (Å²) < 4.78 is 48.1. The molecule has 26 heteroatoms. The molecule has 14 atom stereocenters. The van der Waals surface area contributed by atoms with E-state index in [0.29, 0.717) is 108 Å². The number of ether oxygens (including phenoxy) is 5. The zero-order chi connectivity index (χ0) is 111. The molecule has 2 aliphatic rings. The predicted molar refractivity (Wildman–Crippen MR) is 635 cm³/mol. The number of halogens is 3. The van der Waals surface area contributed by atoms with Gasteiger partial charge in [-0.3, -0.25) is 24.0 Å². The lowest BCUT2D eigenvalue weighted by atomic mass is 9.80. The Morgan fingerprint density at radius 3 is 1.17 bits per heavy atom. The van der Waals surface area contributed by atoms with E-state index in [1.165, 1.54) is 137 Å². The Bertz CT molecular complexity index is 4730. The number of carbonyl (C=O) groups excluding carboxylic acids is 6. The third-order valence-corrected chi connectivity index (χ3v) is 27.4. The normalized spacial score (nSPS) is 14.3. The lowest BCUT2D eigenvalue weighted by Crippen LogP contribution is -2.30. The highest BCUT2D eigenvalue weighted by Gasteiger charge is 2.29. The van der Waals surface area contributed by atoms with E-state index in [4.69, 9.17) is 39.8 Å². The number of aldehydes is 1. The van der Waals surface area contributed by atoms with Crippen molar-refractivity contribution in [3.05, 3.63) is 235 Å². The fraction of sp³-hybridized carbons (Fsp3) is 0.528. The van der Waals surface area contributed by atoms with E-state index >= 15 is 0 Å². The molecule has 823 valence electrons. The van der Waals surface area contributed by atoms with E-state index < -0.39 is 25.4 Å². The van der Waals surface area contributed by atoms with Crippen LogP contribution >= 0.6 is 54.5 Å². The van der Waals surface area contributed by atoms with Gasteiger partial charge in [0.15, 0.2) is 0 Å². The number of esters is 5. The van der Waals surface area contributed by atoms with Crippen molar-refractivity contribution < 1.29 is 96.4 Å². The molecule has 149 heavy (non-hydrogen) atoms. The molecule has 0 amide bonds. The summed E-state index contributed by atoms with van der Waals surface area (Å²) in [6, 6.07) is 46.9. The van der Waals surface area contributed by atoms with E-state index in [0.717, 1.165) is 122 Å². The SMILES string of the molecule is C#C[C@H](C)CCCCC.CCCCC[C@@H](C)/C=C/B1Oc2ccccc2O1.CCCCC[C@@H](C)/C=C/c1cccc(/C=C/[C@@H](C)[C@@H](C)CCCC(=O)OC)c1.CCCCC[C@@H](O)/C=C/c1ccccc1/C=C/[C@@H](O)[C@@H](O)CCCC(=O)OC.COC(=O)CCC[C@H](C)[C@H](C)/C=C/I.COC(=O)CCC[C@H](C)[C@H](C)/C=C/c1cccc(Br)c1.COC(=O)CCC[C@H](C)[C@H](C)C=O.OB(O)c1ccccc1Br.[B]1Oc2ccccc2O1. The average molecular weight is 2300 g/mol. The third-order valence-electron chi connectivity index (χ3n) is 25.8. The minimum Gasteiger partial charge on any atom is -0.524 e. The van der Waals surface area contributed by atoms with Gasteiger partial charge in [0.2, 0.25) is 0 Å². The number of terminal acetylenes is 1. The van der Waals surface area contributed by atoms with Crippen LogP contribution in [0.3, 0.4) is 0 Å². The van der Waals surface area contributed by atoms with E-state index in [-0.39, 0.29) is 49.3 Å². The highest BCUT2D eigenvalue weighted by molar-refractivity contribution is 14.1. The van der Waals surface area contributed by atoms with Gasteiger partial charge in [-0.1, -0.05) is 405 Å². The van der Waals surface area contributed by atoms with E-state index in [9.17, 15) is 44.1 Å². The molecule has 5 N–H and O–H groups in total. The van der Waals surface area contributed by atoms with Crippen LogP contribution in [0.1, 0.15) is 331 Å². The highest BCUT2D eigenvalue weighted by atomic mass is 127. The lowest BCUT2D eigenvalue weighted by Gasteiger charge is -2.16. The van der Waals surface area contributed by atoms with Crippen LogP contribution in [0.25, 0.3) is 30.4 Å². The predicted octanol–water partition coefficient (Wildman–Crippen LogP) is 29.9. The van der Waals surface area contributed by atoms with E-state index in [1.54, 1.807) is 36.4 Å². The minimum absolute atomic E-state index is 0.0812. The number of hydrogen-bond donors (Lipinski definition) is 5. The van der Waals surface area contributed by atoms with Gasteiger partial charge in [-0.25, -0.2) is 0 Å². The van der Waals surface area contributed by atoms with Crippen molar-refractivity contribution in [1.82, 2.24) is 0 Å². The molecule has 0 fully saturated rings. The maximum absolute atomic E-state index is 11.2. The van der Waals surface area contributed by atoms with Gasteiger partial charge in [0.25, 0.3) is 0 Å². The zero-order valence-corrected chi connectivity index (χ0v) is 98.7. The Labute approximate surface area is 929 Å². The second-order valence-electron chi connectivity index (χ2n) is 38.5. The standard InChI is InChI=1S/C26H40O2.C23H34O5.C17H23BrO2.C15H21BO2.C11H19IO2.C10H18O3.C9H16.C6H6BBrO2.C6H4BO2/c1-6-7-8-11-21(2)16-18-24-13-10-14-25(20-24)19-17-23(4)22(3)12-9-15-26(27)28-5;1-3-4-5-11-20(24)16-14-18-9-6-7-10-19(18)15-17-22(26)21(25)12-8-13-23(27)28-2;1-13(6-4-9-17(19)20-3)14(2)10-11-15-7-5-8-16(18)12-15;1-3-4-5-8-13(2)11-12-16-17-14-9-6-7-10-15(14)18-16;1-9(10(2)7-8-12)5-4-6-11(13)14-3;1-8(9(2)7-11)5-4-6-10(12)13-3;1-4-6-7-8-9(3)5-2;8-6-4-2-1-3-5(6)7(9)10;1-2-4-6-5(3-1)8-7-9-6/h10,13-14,16-23H,6-9,11-12,15H2,1-5H3;6-7,9-10,14-17,20-22,24-26H,3-5,8,11-13H2,1-2H3;5,7-8,10-14H,4,6,9H2,1-3H3;6-7,9-13H,3-5,8H2,1-2H3;7-10H,4-6H2,1-3H3;7-9H,4-6H2,1-3H3;2,9H,4,6-8H2,1,3H3;1-4,9-10H;1-4H/b18-16+,19-17+;16-14+,17-15+;11-10+;12-11+;8-7+;;;;/t21-,22+,23-;20-,21+,22-;13-,14+;13-;9-,10+;8-,9+;9-;;/m1101000../s1.